The minimum atomic E-state index is -1.18. The van der Waals surface area contributed by atoms with Crippen molar-refractivity contribution >= 4 is 22.9 Å². The van der Waals surface area contributed by atoms with Gasteiger partial charge in [-0.25, -0.2) is 9.87 Å². The predicted octanol–water partition coefficient (Wildman–Crippen LogP) is 3.02. The average Bonchev–Trinajstić information content (AvgIpc) is 3.16. The lowest BCUT2D eigenvalue weighted by Crippen LogP contribution is -2.28. The van der Waals surface area contributed by atoms with Gasteiger partial charge in [0.2, 0.25) is 0 Å². The van der Waals surface area contributed by atoms with Crippen molar-refractivity contribution in [1.29, 1.82) is 0 Å². The number of H-pyrrole nitrogens is 1. The number of carbonyl (C=O) groups is 1. The van der Waals surface area contributed by atoms with Gasteiger partial charge >= 0.3 is 5.91 Å². The molecule has 0 aliphatic heterocycles. The van der Waals surface area contributed by atoms with Gasteiger partial charge in [0.1, 0.15) is 0 Å². The number of halogens is 1. The first-order chi connectivity index (χ1) is 14.1. The first-order valence-electron chi connectivity index (χ1n) is 9.39. The molecule has 1 heterocycles. The van der Waals surface area contributed by atoms with E-state index in [0.717, 1.165) is 30.1 Å². The number of aromatic nitrogens is 1. The largest absolute Gasteiger partial charge is 0.395 e. The number of aromatic amines is 1. The SMILES string of the molecule is O=C(NO)/C(F)=C\c1ccc(CN(CCO)CCc2c[nH]c3ccccc23)cc1. The molecule has 6 nitrogen and oxygen atoms in total. The molecule has 4 N–H and O–H groups in total. The molecule has 1 amide bonds. The lowest BCUT2D eigenvalue weighted by Gasteiger charge is -2.21. The summed E-state index contributed by atoms with van der Waals surface area (Å²) in [5.74, 6) is -2.25. The smallest absolute Gasteiger partial charge is 0.303 e. The topological polar surface area (TPSA) is 88.6 Å². The maximum atomic E-state index is 13.5. The van der Waals surface area contributed by atoms with Crippen LogP contribution >= 0.6 is 0 Å². The third kappa shape index (κ3) is 5.51. The maximum absolute atomic E-state index is 13.5. The highest BCUT2D eigenvalue weighted by molar-refractivity contribution is 5.94. The van der Waals surface area contributed by atoms with Crippen molar-refractivity contribution < 1.29 is 19.5 Å². The van der Waals surface area contributed by atoms with Crippen LogP contribution in [0.15, 0.2) is 60.6 Å². The molecular weight excluding hydrogens is 373 g/mol. The molecule has 0 atom stereocenters. The molecule has 1 aromatic heterocycles. The molecule has 0 aliphatic carbocycles. The van der Waals surface area contributed by atoms with Crippen molar-refractivity contribution in [2.75, 3.05) is 19.7 Å². The van der Waals surface area contributed by atoms with Crippen molar-refractivity contribution in [3.63, 3.8) is 0 Å². The number of carbonyl (C=O) groups excluding carboxylic acids is 1. The predicted molar refractivity (Wildman–Crippen MR) is 110 cm³/mol. The minimum absolute atomic E-state index is 0.0657. The van der Waals surface area contributed by atoms with Gasteiger partial charge < -0.3 is 10.1 Å². The molecule has 3 rings (SSSR count). The Bertz CT molecular complexity index is 982. The number of aliphatic hydroxyl groups is 1. The van der Waals surface area contributed by atoms with Gasteiger partial charge in [0.25, 0.3) is 0 Å². The van der Waals surface area contributed by atoms with E-state index in [1.54, 1.807) is 12.1 Å². The lowest BCUT2D eigenvalue weighted by atomic mass is 10.1. The number of hydrogen-bond acceptors (Lipinski definition) is 4. The van der Waals surface area contributed by atoms with E-state index in [1.165, 1.54) is 16.4 Å². The highest BCUT2D eigenvalue weighted by atomic mass is 19.1. The zero-order valence-electron chi connectivity index (χ0n) is 15.9. The van der Waals surface area contributed by atoms with Crippen molar-refractivity contribution in [1.82, 2.24) is 15.4 Å². The maximum Gasteiger partial charge on any atom is 0.303 e. The van der Waals surface area contributed by atoms with Gasteiger partial charge in [-0.3, -0.25) is 14.9 Å². The monoisotopic (exact) mass is 397 g/mol. The molecule has 0 saturated carbocycles. The molecule has 0 aliphatic rings. The molecule has 7 heteroatoms. The molecule has 0 saturated heterocycles. The van der Waals surface area contributed by atoms with Gasteiger partial charge in [-0.05, 0) is 35.3 Å². The van der Waals surface area contributed by atoms with Crippen LogP contribution in [0.3, 0.4) is 0 Å². The summed E-state index contributed by atoms with van der Waals surface area (Å²) in [5.41, 5.74) is 5.14. The molecule has 2 aromatic carbocycles. The summed E-state index contributed by atoms with van der Waals surface area (Å²) >= 11 is 0. The number of rotatable bonds is 9. The summed E-state index contributed by atoms with van der Waals surface area (Å²) < 4.78 is 13.5. The van der Waals surface area contributed by atoms with Gasteiger partial charge in [0, 0.05) is 36.7 Å². The van der Waals surface area contributed by atoms with E-state index >= 15 is 0 Å². The van der Waals surface area contributed by atoms with Crippen molar-refractivity contribution in [2.24, 2.45) is 0 Å². The van der Waals surface area contributed by atoms with E-state index in [0.29, 0.717) is 18.7 Å². The fraction of sp³-hybridized carbons (Fsp3) is 0.227. The summed E-state index contributed by atoms with van der Waals surface area (Å²) in [6.07, 6.45) is 3.93. The van der Waals surface area contributed by atoms with Crippen LogP contribution in [-0.2, 0) is 17.8 Å². The summed E-state index contributed by atoms with van der Waals surface area (Å²) in [6, 6.07) is 15.3. The Kier molecular flexibility index (Phi) is 7.13. The number of amides is 1. The highest BCUT2D eigenvalue weighted by Crippen LogP contribution is 2.19. The zero-order valence-corrected chi connectivity index (χ0v) is 15.9. The van der Waals surface area contributed by atoms with Gasteiger partial charge in [0.05, 0.1) is 6.61 Å². The van der Waals surface area contributed by atoms with Crippen LogP contribution in [-0.4, -0.2) is 45.8 Å². The third-order valence-electron chi connectivity index (χ3n) is 4.79. The Hall–Kier alpha value is -3.00. The second-order valence-corrected chi connectivity index (χ2v) is 6.78. The Balaban J connectivity index is 1.63. The Morgan fingerprint density at radius 2 is 1.90 bits per heavy atom. The number of aliphatic hydroxyl groups excluding tert-OH is 1. The van der Waals surface area contributed by atoms with E-state index in [4.69, 9.17) is 5.21 Å². The van der Waals surface area contributed by atoms with Crippen LogP contribution in [0.4, 0.5) is 4.39 Å². The molecule has 0 unspecified atom stereocenters. The number of benzene rings is 2. The highest BCUT2D eigenvalue weighted by Gasteiger charge is 2.10. The van der Waals surface area contributed by atoms with Gasteiger partial charge in [0.15, 0.2) is 5.83 Å². The Labute approximate surface area is 168 Å². The zero-order chi connectivity index (χ0) is 20.6. The first-order valence-corrected chi connectivity index (χ1v) is 9.39. The second-order valence-electron chi connectivity index (χ2n) is 6.78. The van der Waals surface area contributed by atoms with Crippen molar-refractivity contribution in [2.45, 2.75) is 13.0 Å². The number of hydrogen-bond donors (Lipinski definition) is 4. The molecule has 0 spiro atoms. The summed E-state index contributed by atoms with van der Waals surface area (Å²) in [5, 5.41) is 19.1. The van der Waals surface area contributed by atoms with Gasteiger partial charge in [-0.1, -0.05) is 42.5 Å². The normalized spacial score (nSPS) is 11.9. The third-order valence-corrected chi connectivity index (χ3v) is 4.79. The van der Waals surface area contributed by atoms with Crippen LogP contribution in [0.1, 0.15) is 16.7 Å². The molecule has 0 radical (unpaired) electrons. The quantitative estimate of drug-likeness (QED) is 0.254. The van der Waals surface area contributed by atoms with E-state index in [-0.39, 0.29) is 6.61 Å². The van der Waals surface area contributed by atoms with E-state index in [2.05, 4.69) is 16.0 Å². The fourth-order valence-corrected chi connectivity index (χ4v) is 3.27. The van der Waals surface area contributed by atoms with Crippen LogP contribution in [0.5, 0.6) is 0 Å². The summed E-state index contributed by atoms with van der Waals surface area (Å²) in [7, 11) is 0. The molecule has 29 heavy (non-hydrogen) atoms. The van der Waals surface area contributed by atoms with Gasteiger partial charge in [-0.15, -0.1) is 0 Å². The molecule has 152 valence electrons. The number of nitrogens with one attached hydrogen (secondary N) is 2. The number of fused-ring (bicyclic) bond motifs is 1. The standard InChI is InChI=1S/C22H24FN3O3/c23-20(22(28)25-29)13-16-5-7-17(8-6-16)15-26(11-12-27)10-9-18-14-24-21-4-2-1-3-19(18)21/h1-8,13-14,24,27,29H,9-12,15H2,(H,25,28)/b20-13+. The van der Waals surface area contributed by atoms with Crippen molar-refractivity contribution in [3.8, 4) is 0 Å². The molecule has 0 bridgehead atoms. The van der Waals surface area contributed by atoms with Crippen LogP contribution in [0.2, 0.25) is 0 Å². The van der Waals surface area contributed by atoms with Crippen LogP contribution < -0.4 is 5.48 Å². The number of nitrogens with zero attached hydrogens (tertiary/aromatic N) is 1. The number of hydroxylamine groups is 1. The second kappa shape index (κ2) is 9.97. The lowest BCUT2D eigenvalue weighted by molar-refractivity contribution is -0.126. The fourth-order valence-electron chi connectivity index (χ4n) is 3.27. The van der Waals surface area contributed by atoms with Crippen molar-refractivity contribution in [3.05, 3.63) is 77.2 Å². The average molecular weight is 397 g/mol. The van der Waals surface area contributed by atoms with Crippen LogP contribution in [0, 0.1) is 0 Å². The van der Waals surface area contributed by atoms with E-state index in [1.807, 2.05) is 36.5 Å². The first kappa shape index (κ1) is 20.7. The number of para-hydroxylation sites is 1. The van der Waals surface area contributed by atoms with Gasteiger partial charge in [-0.2, -0.15) is 0 Å². The summed E-state index contributed by atoms with van der Waals surface area (Å²) in [6.45, 7) is 2.05. The Morgan fingerprint density at radius 1 is 1.14 bits per heavy atom. The summed E-state index contributed by atoms with van der Waals surface area (Å²) in [4.78, 5) is 16.5. The molecule has 0 fully saturated rings. The van der Waals surface area contributed by atoms with E-state index < -0.39 is 11.7 Å². The molecular formula is C22H24FN3O3. The molecule has 3 aromatic rings. The Morgan fingerprint density at radius 3 is 2.62 bits per heavy atom. The van der Waals surface area contributed by atoms with E-state index in [9.17, 15) is 14.3 Å². The minimum Gasteiger partial charge on any atom is -0.395 e. The van der Waals surface area contributed by atoms with Crippen LogP contribution in [0.25, 0.3) is 17.0 Å².